The van der Waals surface area contributed by atoms with Crippen LogP contribution < -0.4 is 10.2 Å². The first kappa shape index (κ1) is 9.94. The normalized spacial score (nSPS) is 16.1. The van der Waals surface area contributed by atoms with Gasteiger partial charge in [0.25, 0.3) is 0 Å². The highest BCUT2D eigenvalue weighted by Crippen LogP contribution is 2.17. The Hall–Kier alpha value is -1.60. The van der Waals surface area contributed by atoms with Crippen molar-refractivity contribution >= 4 is 5.82 Å². The van der Waals surface area contributed by atoms with Crippen LogP contribution in [-0.4, -0.2) is 31.2 Å². The summed E-state index contributed by atoms with van der Waals surface area (Å²) in [4.78, 5) is 6.13. The second kappa shape index (κ2) is 4.28. The Morgan fingerprint density at radius 3 is 2.87 bits per heavy atom. The zero-order valence-electron chi connectivity index (χ0n) is 8.33. The van der Waals surface area contributed by atoms with Crippen molar-refractivity contribution in [1.29, 1.82) is 0 Å². The molecule has 78 valence electrons. The van der Waals surface area contributed by atoms with Crippen LogP contribution in [0.25, 0.3) is 0 Å². The van der Waals surface area contributed by atoms with Crippen LogP contribution in [-0.2, 0) is 0 Å². The van der Waals surface area contributed by atoms with E-state index in [4.69, 9.17) is 6.42 Å². The Labute approximate surface area is 88.3 Å². The molecule has 1 aromatic rings. The summed E-state index contributed by atoms with van der Waals surface area (Å²) in [6, 6.07) is 1.35. The fourth-order valence-corrected chi connectivity index (χ4v) is 1.67. The lowest BCUT2D eigenvalue weighted by Gasteiger charge is -2.29. The van der Waals surface area contributed by atoms with Crippen molar-refractivity contribution in [2.45, 2.75) is 0 Å². The molecule has 15 heavy (non-hydrogen) atoms. The van der Waals surface area contributed by atoms with Crippen LogP contribution in [0.4, 0.5) is 10.2 Å². The van der Waals surface area contributed by atoms with Gasteiger partial charge in [-0.3, -0.25) is 0 Å². The van der Waals surface area contributed by atoms with Gasteiger partial charge in [-0.2, -0.15) is 0 Å². The maximum atomic E-state index is 12.9. The zero-order chi connectivity index (χ0) is 10.7. The van der Waals surface area contributed by atoms with E-state index in [2.05, 4.69) is 21.1 Å². The Kier molecular flexibility index (Phi) is 2.84. The molecular weight excluding hydrogens is 193 g/mol. The molecule has 3 nitrogen and oxygen atoms in total. The van der Waals surface area contributed by atoms with Crippen LogP contribution in [0.1, 0.15) is 5.56 Å². The number of hydrogen-bond donors (Lipinski definition) is 1. The van der Waals surface area contributed by atoms with E-state index in [1.165, 1.54) is 12.3 Å². The number of piperazine rings is 1. The molecule has 0 aromatic carbocycles. The minimum Gasteiger partial charge on any atom is -0.353 e. The number of halogens is 1. The van der Waals surface area contributed by atoms with Crippen LogP contribution in [0.5, 0.6) is 0 Å². The molecule has 1 fully saturated rings. The van der Waals surface area contributed by atoms with Crippen LogP contribution in [0, 0.1) is 18.2 Å². The standard InChI is InChI=1S/C11H12FN3/c1-2-9-7-10(12)8-14-11(9)15-5-3-13-4-6-15/h1,7-8,13H,3-6H2. The number of terminal acetylenes is 1. The lowest BCUT2D eigenvalue weighted by Crippen LogP contribution is -2.44. The highest BCUT2D eigenvalue weighted by atomic mass is 19.1. The number of hydrogen-bond acceptors (Lipinski definition) is 3. The van der Waals surface area contributed by atoms with Crippen LogP contribution in [0.15, 0.2) is 12.3 Å². The second-order valence-electron chi connectivity index (χ2n) is 3.41. The lowest BCUT2D eigenvalue weighted by atomic mass is 10.2. The molecule has 0 aliphatic carbocycles. The largest absolute Gasteiger partial charge is 0.353 e. The van der Waals surface area contributed by atoms with Crippen molar-refractivity contribution in [2.75, 3.05) is 31.1 Å². The maximum absolute atomic E-state index is 12.9. The summed E-state index contributed by atoms with van der Waals surface area (Å²) in [5, 5.41) is 3.24. The van der Waals surface area contributed by atoms with E-state index in [0.29, 0.717) is 11.4 Å². The SMILES string of the molecule is C#Cc1cc(F)cnc1N1CCNCC1. The average Bonchev–Trinajstić information content (AvgIpc) is 2.30. The van der Waals surface area contributed by atoms with E-state index in [9.17, 15) is 4.39 Å². The van der Waals surface area contributed by atoms with Gasteiger partial charge >= 0.3 is 0 Å². The van der Waals surface area contributed by atoms with Crippen molar-refractivity contribution in [1.82, 2.24) is 10.3 Å². The van der Waals surface area contributed by atoms with Crippen molar-refractivity contribution in [2.24, 2.45) is 0 Å². The van der Waals surface area contributed by atoms with Gasteiger partial charge in [-0.1, -0.05) is 5.92 Å². The van der Waals surface area contributed by atoms with Gasteiger partial charge in [0, 0.05) is 26.2 Å². The Balaban J connectivity index is 2.30. The van der Waals surface area contributed by atoms with Crippen LogP contribution in [0.2, 0.25) is 0 Å². The van der Waals surface area contributed by atoms with E-state index >= 15 is 0 Å². The summed E-state index contributed by atoms with van der Waals surface area (Å²) in [5.41, 5.74) is 0.525. The van der Waals surface area contributed by atoms with E-state index in [0.717, 1.165) is 26.2 Å². The first-order valence-corrected chi connectivity index (χ1v) is 4.89. The summed E-state index contributed by atoms with van der Waals surface area (Å²) >= 11 is 0. The molecule has 0 saturated carbocycles. The van der Waals surface area contributed by atoms with Gasteiger partial charge in [-0.15, -0.1) is 6.42 Å². The third kappa shape index (κ3) is 2.08. The molecule has 1 aromatic heterocycles. The Morgan fingerprint density at radius 1 is 1.47 bits per heavy atom. The number of nitrogens with zero attached hydrogens (tertiary/aromatic N) is 2. The Bertz CT molecular complexity index is 391. The van der Waals surface area contributed by atoms with Gasteiger partial charge in [0.15, 0.2) is 0 Å². The van der Waals surface area contributed by atoms with E-state index < -0.39 is 0 Å². The summed E-state index contributed by atoms with van der Waals surface area (Å²) in [7, 11) is 0. The van der Waals surface area contributed by atoms with Gasteiger partial charge in [-0.25, -0.2) is 9.37 Å². The molecule has 4 heteroatoms. The molecule has 1 aliphatic heterocycles. The molecule has 0 atom stereocenters. The number of anilines is 1. The van der Waals surface area contributed by atoms with Crippen molar-refractivity contribution in [3.8, 4) is 12.3 Å². The first-order chi connectivity index (χ1) is 7.31. The predicted molar refractivity (Wildman–Crippen MR) is 57.2 cm³/mol. The fourth-order valence-electron chi connectivity index (χ4n) is 1.67. The monoisotopic (exact) mass is 205 g/mol. The molecule has 0 bridgehead atoms. The molecule has 0 amide bonds. The summed E-state index contributed by atoms with van der Waals surface area (Å²) < 4.78 is 12.9. The molecule has 0 unspecified atom stereocenters. The highest BCUT2D eigenvalue weighted by molar-refractivity contribution is 5.55. The maximum Gasteiger partial charge on any atom is 0.144 e. The van der Waals surface area contributed by atoms with Crippen LogP contribution in [0.3, 0.4) is 0 Å². The highest BCUT2D eigenvalue weighted by Gasteiger charge is 2.14. The van der Waals surface area contributed by atoms with Crippen LogP contribution >= 0.6 is 0 Å². The van der Waals surface area contributed by atoms with Gasteiger partial charge in [0.2, 0.25) is 0 Å². The summed E-state index contributed by atoms with van der Waals surface area (Å²) in [6.07, 6.45) is 6.53. The van der Waals surface area contributed by atoms with E-state index in [1.807, 2.05) is 0 Å². The first-order valence-electron chi connectivity index (χ1n) is 4.89. The van der Waals surface area contributed by atoms with Gasteiger partial charge < -0.3 is 10.2 Å². The van der Waals surface area contributed by atoms with Crippen molar-refractivity contribution in [3.05, 3.63) is 23.6 Å². The van der Waals surface area contributed by atoms with Gasteiger partial charge in [-0.05, 0) is 6.07 Å². The average molecular weight is 205 g/mol. The van der Waals surface area contributed by atoms with Gasteiger partial charge in [0.05, 0.1) is 11.8 Å². The van der Waals surface area contributed by atoms with Gasteiger partial charge in [0.1, 0.15) is 11.6 Å². The molecule has 1 aliphatic rings. The third-order valence-electron chi connectivity index (χ3n) is 2.41. The molecule has 0 radical (unpaired) electrons. The molecule has 1 N–H and O–H groups in total. The third-order valence-corrected chi connectivity index (χ3v) is 2.41. The minimum atomic E-state index is -0.387. The lowest BCUT2D eigenvalue weighted by molar-refractivity contribution is 0.580. The van der Waals surface area contributed by atoms with E-state index in [-0.39, 0.29) is 5.82 Å². The predicted octanol–water partition coefficient (Wildman–Crippen LogP) is 0.612. The molecule has 2 rings (SSSR count). The molecule has 1 saturated heterocycles. The number of pyridine rings is 1. The topological polar surface area (TPSA) is 28.2 Å². The quantitative estimate of drug-likeness (QED) is 0.681. The Morgan fingerprint density at radius 2 is 2.20 bits per heavy atom. The number of nitrogens with one attached hydrogen (secondary N) is 1. The van der Waals surface area contributed by atoms with Crippen molar-refractivity contribution in [3.63, 3.8) is 0 Å². The smallest absolute Gasteiger partial charge is 0.144 e. The number of aromatic nitrogens is 1. The molecule has 2 heterocycles. The second-order valence-corrected chi connectivity index (χ2v) is 3.41. The fraction of sp³-hybridized carbons (Fsp3) is 0.364. The van der Waals surface area contributed by atoms with Crippen molar-refractivity contribution < 1.29 is 4.39 Å². The zero-order valence-corrected chi connectivity index (χ0v) is 8.33. The summed E-state index contributed by atoms with van der Waals surface area (Å²) in [6.45, 7) is 3.52. The molecule has 0 spiro atoms. The summed E-state index contributed by atoms with van der Waals surface area (Å²) in [5.74, 6) is 2.79. The molecular formula is C11H12FN3. The number of rotatable bonds is 1. The van der Waals surface area contributed by atoms with E-state index in [1.54, 1.807) is 0 Å². The minimum absolute atomic E-state index is 0.387.